The molecule has 0 saturated heterocycles. The van der Waals surface area contributed by atoms with E-state index in [1.165, 1.54) is 51.8 Å². The van der Waals surface area contributed by atoms with Crippen LogP contribution >= 0.6 is 0 Å². The van der Waals surface area contributed by atoms with Crippen molar-refractivity contribution in [3.63, 3.8) is 0 Å². The molecule has 1 atom stereocenters. The molecule has 5 rings (SSSR count). The van der Waals surface area contributed by atoms with E-state index >= 15 is 0 Å². The summed E-state index contributed by atoms with van der Waals surface area (Å²) in [6, 6.07) is 17.1. The Morgan fingerprint density at radius 1 is 0.878 bits per heavy atom. The van der Waals surface area contributed by atoms with Crippen LogP contribution in [0.1, 0.15) is 28.9 Å². The fraction of sp³-hybridized carbons (Fsp3) is 0.167. The van der Waals surface area contributed by atoms with Crippen molar-refractivity contribution in [1.82, 2.24) is 9.78 Å². The van der Waals surface area contributed by atoms with E-state index in [0.717, 1.165) is 0 Å². The summed E-state index contributed by atoms with van der Waals surface area (Å²) in [7, 11) is 4.59. The van der Waals surface area contributed by atoms with Gasteiger partial charge in [-0.3, -0.25) is 9.59 Å². The molecular formula is C30H28FN5O5. The number of hydrogen-bond donors (Lipinski definition) is 3. The fourth-order valence-electron chi connectivity index (χ4n) is 4.72. The van der Waals surface area contributed by atoms with Crippen molar-refractivity contribution in [2.75, 3.05) is 37.3 Å². The smallest absolute Gasteiger partial charge is 0.261 e. The van der Waals surface area contributed by atoms with E-state index in [0.29, 0.717) is 51.3 Å². The van der Waals surface area contributed by atoms with Crippen LogP contribution in [-0.2, 0) is 4.79 Å². The number of halogens is 1. The van der Waals surface area contributed by atoms with E-state index in [9.17, 15) is 14.0 Å². The number of carbonyl (C=O) groups excluding carboxylic acids is 2. The summed E-state index contributed by atoms with van der Waals surface area (Å²) < 4.78 is 31.3. The summed E-state index contributed by atoms with van der Waals surface area (Å²) in [5.41, 5.74) is 2.71. The van der Waals surface area contributed by atoms with Crippen LogP contribution in [0.15, 0.2) is 84.2 Å². The van der Waals surface area contributed by atoms with Crippen LogP contribution < -0.4 is 30.2 Å². The number of anilines is 3. The van der Waals surface area contributed by atoms with Crippen LogP contribution in [0, 0.1) is 5.82 Å². The molecule has 1 unspecified atom stereocenters. The lowest BCUT2D eigenvalue weighted by Crippen LogP contribution is -2.32. The molecule has 0 aliphatic carbocycles. The average molecular weight is 558 g/mol. The lowest BCUT2D eigenvalue weighted by atomic mass is 9.94. The van der Waals surface area contributed by atoms with Gasteiger partial charge in [-0.2, -0.15) is 5.10 Å². The van der Waals surface area contributed by atoms with Crippen LogP contribution in [0.3, 0.4) is 0 Å². The number of amides is 2. The van der Waals surface area contributed by atoms with Gasteiger partial charge >= 0.3 is 0 Å². The van der Waals surface area contributed by atoms with Crippen molar-refractivity contribution >= 4 is 29.0 Å². The average Bonchev–Trinajstić information content (AvgIpc) is 3.41. The lowest BCUT2D eigenvalue weighted by molar-refractivity contribution is -0.113. The highest BCUT2D eigenvalue weighted by molar-refractivity contribution is 6.09. The Hall–Kier alpha value is -5.32. The predicted molar refractivity (Wildman–Crippen MR) is 152 cm³/mol. The van der Waals surface area contributed by atoms with Gasteiger partial charge in [0.05, 0.1) is 38.8 Å². The van der Waals surface area contributed by atoms with Crippen molar-refractivity contribution in [3.05, 3.63) is 101 Å². The SMILES string of the molecule is COc1ccccc1NC(=O)C1=C(C)Nc2c(C(=O)Nc3ccc(F)cc3)cnn2C1c1ccc(OC)c(OC)c1. The summed E-state index contributed by atoms with van der Waals surface area (Å²) in [5, 5.41) is 13.4. The maximum Gasteiger partial charge on any atom is 0.261 e. The molecule has 3 aromatic carbocycles. The number of nitrogens with one attached hydrogen (secondary N) is 3. The fourth-order valence-corrected chi connectivity index (χ4v) is 4.72. The first kappa shape index (κ1) is 27.3. The summed E-state index contributed by atoms with van der Waals surface area (Å²) in [4.78, 5) is 27.1. The summed E-state index contributed by atoms with van der Waals surface area (Å²) >= 11 is 0. The van der Waals surface area contributed by atoms with Crippen LogP contribution in [-0.4, -0.2) is 42.9 Å². The molecule has 0 bridgehead atoms. The molecular weight excluding hydrogens is 529 g/mol. The Bertz CT molecular complexity index is 1650. The van der Waals surface area contributed by atoms with Gasteiger partial charge in [-0.1, -0.05) is 18.2 Å². The van der Waals surface area contributed by atoms with Gasteiger partial charge in [0.2, 0.25) is 0 Å². The number of methoxy groups -OCH3 is 3. The largest absolute Gasteiger partial charge is 0.495 e. The van der Waals surface area contributed by atoms with Crippen LogP contribution in [0.4, 0.5) is 21.6 Å². The van der Waals surface area contributed by atoms with Crippen molar-refractivity contribution in [3.8, 4) is 17.2 Å². The molecule has 210 valence electrons. The zero-order chi connectivity index (χ0) is 29.1. The topological polar surface area (TPSA) is 116 Å². The number of rotatable bonds is 8. The normalized spacial score (nSPS) is 14.0. The number of carbonyl (C=O) groups is 2. The van der Waals surface area contributed by atoms with E-state index in [-0.39, 0.29) is 5.56 Å². The number of fused-ring (bicyclic) bond motifs is 1. The third-order valence-electron chi connectivity index (χ3n) is 6.69. The molecule has 0 fully saturated rings. The molecule has 2 amide bonds. The molecule has 1 aliphatic rings. The first-order valence-corrected chi connectivity index (χ1v) is 12.6. The molecule has 0 radical (unpaired) electrons. The van der Waals surface area contributed by atoms with Gasteiger partial charge < -0.3 is 30.2 Å². The molecule has 1 aromatic heterocycles. The molecule has 0 saturated carbocycles. The quantitative estimate of drug-likeness (QED) is 0.272. The molecule has 11 heteroatoms. The predicted octanol–water partition coefficient (Wildman–Crippen LogP) is 5.23. The highest BCUT2D eigenvalue weighted by Gasteiger charge is 2.36. The zero-order valence-electron chi connectivity index (χ0n) is 22.8. The maximum absolute atomic E-state index is 13.9. The highest BCUT2D eigenvalue weighted by atomic mass is 19.1. The minimum atomic E-state index is -0.742. The number of aromatic nitrogens is 2. The van der Waals surface area contributed by atoms with Crippen molar-refractivity contribution in [1.29, 1.82) is 0 Å². The molecule has 3 N–H and O–H groups in total. The highest BCUT2D eigenvalue weighted by Crippen LogP contribution is 2.41. The Labute approximate surface area is 235 Å². The van der Waals surface area contributed by atoms with Crippen molar-refractivity contribution in [2.24, 2.45) is 0 Å². The van der Waals surface area contributed by atoms with Gasteiger partial charge in [0.25, 0.3) is 11.8 Å². The Morgan fingerprint density at radius 2 is 1.59 bits per heavy atom. The standard InChI is InChI=1S/C30H28FN5O5/c1-17-26(30(38)35-22-7-5-6-8-23(22)39-2)27(18-9-14-24(40-3)25(15-18)41-4)36-28(33-17)21(16-32-36)29(37)34-20-12-10-19(31)11-13-20/h5-16,27,33H,1-4H3,(H,34,37)(H,35,38). The first-order valence-electron chi connectivity index (χ1n) is 12.6. The Kier molecular flexibility index (Phi) is 7.59. The third-order valence-corrected chi connectivity index (χ3v) is 6.69. The molecule has 2 heterocycles. The number of nitrogens with zero attached hydrogens (tertiary/aromatic N) is 2. The van der Waals surface area contributed by atoms with Gasteiger partial charge in [0.15, 0.2) is 11.5 Å². The van der Waals surface area contributed by atoms with Gasteiger partial charge in [-0.05, 0) is 61.0 Å². The minimum Gasteiger partial charge on any atom is -0.495 e. The second-order valence-corrected chi connectivity index (χ2v) is 9.15. The second-order valence-electron chi connectivity index (χ2n) is 9.15. The van der Waals surface area contributed by atoms with Crippen LogP contribution in [0.25, 0.3) is 0 Å². The number of allylic oxidation sites excluding steroid dienone is 1. The van der Waals surface area contributed by atoms with E-state index in [4.69, 9.17) is 14.2 Å². The number of ether oxygens (including phenoxy) is 3. The van der Waals surface area contributed by atoms with E-state index in [1.54, 1.807) is 41.9 Å². The molecule has 1 aliphatic heterocycles. The molecule has 0 spiro atoms. The third kappa shape index (κ3) is 5.29. The molecule has 41 heavy (non-hydrogen) atoms. The number of benzene rings is 3. The second kappa shape index (κ2) is 11.4. The van der Waals surface area contributed by atoms with Crippen molar-refractivity contribution < 1.29 is 28.2 Å². The van der Waals surface area contributed by atoms with E-state index in [1.807, 2.05) is 12.1 Å². The first-order chi connectivity index (χ1) is 19.8. The maximum atomic E-state index is 13.9. The lowest BCUT2D eigenvalue weighted by Gasteiger charge is -2.30. The van der Waals surface area contributed by atoms with Gasteiger partial charge in [0, 0.05) is 11.4 Å². The number of para-hydroxylation sites is 2. The van der Waals surface area contributed by atoms with Crippen LogP contribution in [0.2, 0.25) is 0 Å². The zero-order valence-corrected chi connectivity index (χ0v) is 22.8. The minimum absolute atomic E-state index is 0.239. The van der Waals surface area contributed by atoms with Crippen LogP contribution in [0.5, 0.6) is 17.2 Å². The van der Waals surface area contributed by atoms with Gasteiger partial charge in [-0.25, -0.2) is 9.07 Å². The van der Waals surface area contributed by atoms with E-state index in [2.05, 4.69) is 21.0 Å². The van der Waals surface area contributed by atoms with E-state index < -0.39 is 23.7 Å². The summed E-state index contributed by atoms with van der Waals surface area (Å²) in [6.45, 7) is 1.75. The van der Waals surface area contributed by atoms with Gasteiger partial charge in [-0.15, -0.1) is 0 Å². The van der Waals surface area contributed by atoms with Crippen molar-refractivity contribution in [2.45, 2.75) is 13.0 Å². The monoisotopic (exact) mass is 557 g/mol. The molecule has 10 nitrogen and oxygen atoms in total. The Balaban J connectivity index is 1.58. The Morgan fingerprint density at radius 3 is 2.29 bits per heavy atom. The summed E-state index contributed by atoms with van der Waals surface area (Å²) in [6.07, 6.45) is 1.42. The molecule has 4 aromatic rings. The van der Waals surface area contributed by atoms with Gasteiger partial charge in [0.1, 0.15) is 29.0 Å². The number of hydrogen-bond acceptors (Lipinski definition) is 7. The summed E-state index contributed by atoms with van der Waals surface area (Å²) in [5.74, 6) is 0.620.